The lowest BCUT2D eigenvalue weighted by Crippen LogP contribution is -1.90. The van der Waals surface area contributed by atoms with Crippen molar-refractivity contribution in [1.29, 1.82) is 0 Å². The molecule has 0 radical (unpaired) electrons. The molecule has 0 unspecified atom stereocenters. The van der Waals surface area contributed by atoms with Crippen molar-refractivity contribution in [2.75, 3.05) is 0 Å². The third-order valence-electron chi connectivity index (χ3n) is 6.10. The number of benzene rings is 4. The molecule has 0 aliphatic rings. The van der Waals surface area contributed by atoms with Gasteiger partial charge < -0.3 is 28.8 Å². The number of aromatic hydroxyl groups is 2. The van der Waals surface area contributed by atoms with Crippen LogP contribution in [-0.2, 0) is 0 Å². The summed E-state index contributed by atoms with van der Waals surface area (Å²) >= 11 is 0. The van der Waals surface area contributed by atoms with Crippen molar-refractivity contribution in [2.24, 2.45) is 0 Å². The summed E-state index contributed by atoms with van der Waals surface area (Å²) in [7, 11) is 0. The fourth-order valence-corrected chi connectivity index (χ4v) is 4.19. The van der Waals surface area contributed by atoms with Crippen LogP contribution in [0.4, 0.5) is 0 Å². The monoisotopic (exact) mass is 500 g/mol. The second-order valence-electron chi connectivity index (χ2n) is 8.80. The van der Waals surface area contributed by atoms with Crippen molar-refractivity contribution in [3.8, 4) is 57.0 Å². The Hall–Kier alpha value is -5.36. The highest BCUT2D eigenvalue weighted by molar-refractivity contribution is 5.64. The third kappa shape index (κ3) is 5.10. The van der Waals surface area contributed by atoms with Gasteiger partial charge in [0.1, 0.15) is 34.5 Å². The summed E-state index contributed by atoms with van der Waals surface area (Å²) in [6.07, 6.45) is 8.25. The van der Waals surface area contributed by atoms with Crippen molar-refractivity contribution in [3.63, 3.8) is 0 Å². The lowest BCUT2D eigenvalue weighted by Gasteiger charge is -2.08. The van der Waals surface area contributed by atoms with Gasteiger partial charge in [0.2, 0.25) is 0 Å². The molecule has 186 valence electrons. The van der Waals surface area contributed by atoms with Crippen molar-refractivity contribution >= 4 is 0 Å². The third-order valence-corrected chi connectivity index (χ3v) is 6.10. The van der Waals surface area contributed by atoms with Crippen LogP contribution in [0.1, 0.15) is 0 Å². The van der Waals surface area contributed by atoms with Gasteiger partial charge in [-0.2, -0.15) is 0 Å². The second kappa shape index (κ2) is 9.95. The minimum atomic E-state index is 0.170. The molecule has 0 spiro atoms. The first-order valence-electron chi connectivity index (χ1n) is 12.1. The summed E-state index contributed by atoms with van der Waals surface area (Å²) in [6.45, 7) is 0. The molecular weight excluding hydrogens is 476 g/mol. The molecule has 4 aromatic carbocycles. The molecule has 0 atom stereocenters. The van der Waals surface area contributed by atoms with Crippen LogP contribution in [0.5, 0.6) is 34.5 Å². The van der Waals surface area contributed by atoms with Crippen molar-refractivity contribution in [2.45, 2.75) is 0 Å². The number of phenols is 2. The summed E-state index contributed by atoms with van der Waals surface area (Å²) in [5, 5.41) is 19.2. The van der Waals surface area contributed by atoms with Crippen LogP contribution in [0.3, 0.4) is 0 Å². The van der Waals surface area contributed by atoms with E-state index >= 15 is 0 Å². The van der Waals surface area contributed by atoms with E-state index in [0.29, 0.717) is 23.0 Å². The zero-order valence-corrected chi connectivity index (χ0v) is 20.3. The van der Waals surface area contributed by atoms with Gasteiger partial charge in [-0.15, -0.1) is 0 Å². The van der Waals surface area contributed by atoms with E-state index < -0.39 is 0 Å². The molecule has 6 rings (SSSR count). The number of phenolic OH excluding ortho intramolecular Hbond substituents is 2. The SMILES string of the molecule is Oc1cccc(Oc2ccc(-n3ccc(-c4ccn(-c5ccc(Oc6cccc(O)c6)cc5)c4)c3)cc2)c1. The summed E-state index contributed by atoms with van der Waals surface area (Å²) in [5.41, 5.74) is 4.24. The first-order chi connectivity index (χ1) is 18.6. The van der Waals surface area contributed by atoms with Gasteiger partial charge in [0.05, 0.1) is 0 Å². The summed E-state index contributed by atoms with van der Waals surface area (Å²) < 4.78 is 15.8. The Morgan fingerprint density at radius 2 is 0.868 bits per heavy atom. The van der Waals surface area contributed by atoms with E-state index in [-0.39, 0.29) is 11.5 Å². The highest BCUT2D eigenvalue weighted by Gasteiger charge is 2.07. The minimum absolute atomic E-state index is 0.170. The average molecular weight is 501 g/mol. The van der Waals surface area contributed by atoms with Gasteiger partial charge in [0, 0.05) is 59.4 Å². The molecular formula is C32H24N2O4. The molecule has 0 saturated heterocycles. The van der Waals surface area contributed by atoms with E-state index in [0.717, 1.165) is 22.5 Å². The van der Waals surface area contributed by atoms with Gasteiger partial charge in [-0.1, -0.05) is 12.1 Å². The van der Waals surface area contributed by atoms with E-state index in [1.54, 1.807) is 48.5 Å². The normalized spacial score (nSPS) is 10.8. The van der Waals surface area contributed by atoms with Crippen LogP contribution < -0.4 is 9.47 Å². The molecule has 0 aliphatic carbocycles. The molecule has 6 heteroatoms. The molecule has 38 heavy (non-hydrogen) atoms. The summed E-state index contributed by atoms with van der Waals surface area (Å²) in [4.78, 5) is 0. The van der Waals surface area contributed by atoms with Crippen LogP contribution in [0.2, 0.25) is 0 Å². The van der Waals surface area contributed by atoms with Gasteiger partial charge in [-0.05, 0) is 84.9 Å². The molecule has 0 bridgehead atoms. The standard InChI is InChI=1S/C32H24N2O4/c35-27-3-1-5-31(19-27)37-29-11-7-25(8-12-29)33-17-15-23(21-33)24-16-18-34(22-24)26-9-13-30(14-10-26)38-32-6-2-4-28(36)20-32/h1-22,35-36H. The van der Waals surface area contributed by atoms with Gasteiger partial charge >= 0.3 is 0 Å². The second-order valence-corrected chi connectivity index (χ2v) is 8.80. The number of ether oxygens (including phenoxy) is 2. The van der Waals surface area contributed by atoms with Crippen molar-refractivity contribution in [3.05, 3.63) is 134 Å². The van der Waals surface area contributed by atoms with E-state index in [4.69, 9.17) is 9.47 Å². The zero-order chi connectivity index (χ0) is 25.9. The van der Waals surface area contributed by atoms with Crippen LogP contribution in [0, 0.1) is 0 Å². The Kier molecular flexibility index (Phi) is 6.04. The Balaban J connectivity index is 1.14. The number of hydrogen-bond acceptors (Lipinski definition) is 4. The average Bonchev–Trinajstić information content (AvgIpc) is 3.60. The molecule has 2 heterocycles. The molecule has 0 saturated carbocycles. The van der Waals surface area contributed by atoms with E-state index in [9.17, 15) is 10.2 Å². The van der Waals surface area contributed by atoms with E-state index in [1.807, 2.05) is 60.9 Å². The van der Waals surface area contributed by atoms with Crippen LogP contribution in [0.15, 0.2) is 134 Å². The maximum absolute atomic E-state index is 9.62. The van der Waals surface area contributed by atoms with Crippen LogP contribution in [0.25, 0.3) is 22.5 Å². The summed E-state index contributed by atoms with van der Waals surface area (Å²) in [6, 6.07) is 33.3. The van der Waals surface area contributed by atoms with E-state index in [2.05, 4.69) is 33.7 Å². The number of nitrogens with zero attached hydrogens (tertiary/aromatic N) is 2. The maximum Gasteiger partial charge on any atom is 0.131 e. The number of aromatic nitrogens is 2. The fourth-order valence-electron chi connectivity index (χ4n) is 4.19. The lowest BCUT2D eigenvalue weighted by atomic mass is 10.2. The van der Waals surface area contributed by atoms with Gasteiger partial charge in [-0.25, -0.2) is 0 Å². The van der Waals surface area contributed by atoms with Crippen molar-refractivity contribution < 1.29 is 19.7 Å². The molecule has 6 aromatic rings. The predicted molar refractivity (Wildman–Crippen MR) is 147 cm³/mol. The molecule has 0 aliphatic heterocycles. The highest BCUT2D eigenvalue weighted by atomic mass is 16.5. The van der Waals surface area contributed by atoms with Gasteiger partial charge in [-0.3, -0.25) is 0 Å². The topological polar surface area (TPSA) is 68.8 Å². The minimum Gasteiger partial charge on any atom is -0.508 e. The van der Waals surface area contributed by atoms with Crippen LogP contribution in [-0.4, -0.2) is 19.3 Å². The number of rotatable bonds is 7. The molecule has 2 aromatic heterocycles. The largest absolute Gasteiger partial charge is 0.508 e. The molecule has 0 amide bonds. The molecule has 6 nitrogen and oxygen atoms in total. The Morgan fingerprint density at radius 1 is 0.447 bits per heavy atom. The van der Waals surface area contributed by atoms with Crippen molar-refractivity contribution in [1.82, 2.24) is 9.13 Å². The van der Waals surface area contributed by atoms with Gasteiger partial charge in [0.15, 0.2) is 0 Å². The quantitative estimate of drug-likeness (QED) is 0.234. The Labute approximate surface area is 219 Å². The lowest BCUT2D eigenvalue weighted by molar-refractivity contribution is 0.454. The predicted octanol–water partition coefficient (Wildman–Crippen LogP) is 7.93. The molecule has 2 N–H and O–H groups in total. The Bertz CT molecular complexity index is 1550. The van der Waals surface area contributed by atoms with E-state index in [1.165, 1.54) is 0 Å². The smallest absolute Gasteiger partial charge is 0.131 e. The fraction of sp³-hybridized carbons (Fsp3) is 0. The highest BCUT2D eigenvalue weighted by Crippen LogP contribution is 2.29. The van der Waals surface area contributed by atoms with Gasteiger partial charge in [0.25, 0.3) is 0 Å². The maximum atomic E-state index is 9.62. The number of hydrogen-bond donors (Lipinski definition) is 2. The Morgan fingerprint density at radius 3 is 1.26 bits per heavy atom. The first kappa shape index (κ1) is 23.1. The summed E-state index contributed by atoms with van der Waals surface area (Å²) in [5.74, 6) is 2.91. The van der Waals surface area contributed by atoms with Crippen LogP contribution >= 0.6 is 0 Å². The molecule has 0 fully saturated rings. The zero-order valence-electron chi connectivity index (χ0n) is 20.3. The first-order valence-corrected chi connectivity index (χ1v) is 12.1.